The highest BCUT2D eigenvalue weighted by molar-refractivity contribution is 5.66. The zero-order valence-electron chi connectivity index (χ0n) is 18.8. The number of aromatic nitrogens is 4. The molecule has 0 spiro atoms. The van der Waals surface area contributed by atoms with Crippen molar-refractivity contribution in [1.29, 1.82) is 0 Å². The summed E-state index contributed by atoms with van der Waals surface area (Å²) < 4.78 is 5.79. The Morgan fingerprint density at radius 3 is 2.81 bits per heavy atom. The summed E-state index contributed by atoms with van der Waals surface area (Å²) in [7, 11) is 3.93. The van der Waals surface area contributed by atoms with Crippen molar-refractivity contribution in [3.8, 4) is 28.5 Å². The number of aliphatic hydroxyl groups is 1. The molecule has 32 heavy (non-hydrogen) atoms. The molecule has 8 heteroatoms. The minimum Gasteiger partial charge on any atom is -0.491 e. The Morgan fingerprint density at radius 2 is 2.06 bits per heavy atom. The van der Waals surface area contributed by atoms with Crippen molar-refractivity contribution < 1.29 is 9.84 Å². The first-order chi connectivity index (χ1) is 15.6. The number of anilines is 1. The lowest BCUT2D eigenvalue weighted by atomic mass is 9.94. The number of aromatic amines is 1. The van der Waals surface area contributed by atoms with Gasteiger partial charge in [-0.05, 0) is 32.0 Å². The van der Waals surface area contributed by atoms with Crippen LogP contribution in [0.25, 0.3) is 22.8 Å². The van der Waals surface area contributed by atoms with Gasteiger partial charge in [0, 0.05) is 31.3 Å². The van der Waals surface area contributed by atoms with E-state index < -0.39 is 6.10 Å². The number of hydrogen-bond donors (Lipinski definition) is 3. The molecule has 0 saturated heterocycles. The summed E-state index contributed by atoms with van der Waals surface area (Å²) in [6.45, 7) is 0.695. The summed E-state index contributed by atoms with van der Waals surface area (Å²) in [6, 6.07) is 10.2. The summed E-state index contributed by atoms with van der Waals surface area (Å²) in [5.41, 5.74) is 2.53. The lowest BCUT2D eigenvalue weighted by Gasteiger charge is -2.32. The molecule has 3 N–H and O–H groups in total. The SMILES string of the molecule is CNCC(O)COc1cccc(-c2nc(-c3cnc[nH]3)cc(N(C)C3CCCCC3)n2)c1. The van der Waals surface area contributed by atoms with Gasteiger partial charge in [0.2, 0.25) is 0 Å². The van der Waals surface area contributed by atoms with E-state index in [1.54, 1.807) is 19.6 Å². The molecule has 170 valence electrons. The van der Waals surface area contributed by atoms with Crippen LogP contribution in [0, 0.1) is 0 Å². The molecule has 8 nitrogen and oxygen atoms in total. The summed E-state index contributed by atoms with van der Waals surface area (Å²) >= 11 is 0. The first-order valence-electron chi connectivity index (χ1n) is 11.3. The monoisotopic (exact) mass is 436 g/mol. The van der Waals surface area contributed by atoms with E-state index in [9.17, 15) is 5.11 Å². The number of nitrogens with one attached hydrogen (secondary N) is 2. The van der Waals surface area contributed by atoms with E-state index in [0.29, 0.717) is 24.2 Å². The molecule has 0 bridgehead atoms. The largest absolute Gasteiger partial charge is 0.491 e. The zero-order chi connectivity index (χ0) is 22.3. The van der Waals surface area contributed by atoms with Gasteiger partial charge in [0.1, 0.15) is 24.3 Å². The second kappa shape index (κ2) is 10.6. The van der Waals surface area contributed by atoms with Crippen LogP contribution in [-0.2, 0) is 0 Å². The van der Waals surface area contributed by atoms with E-state index in [4.69, 9.17) is 14.7 Å². The number of imidazole rings is 1. The van der Waals surface area contributed by atoms with Crippen LogP contribution in [0.15, 0.2) is 42.9 Å². The van der Waals surface area contributed by atoms with Crippen molar-refractivity contribution in [3.63, 3.8) is 0 Å². The third-order valence-electron chi connectivity index (χ3n) is 5.94. The van der Waals surface area contributed by atoms with E-state index in [2.05, 4.69) is 27.2 Å². The highest BCUT2D eigenvalue weighted by Crippen LogP contribution is 2.30. The zero-order valence-corrected chi connectivity index (χ0v) is 18.8. The maximum absolute atomic E-state index is 9.93. The molecule has 0 amide bonds. The first kappa shape index (κ1) is 22.2. The Labute approximate surface area is 189 Å². The van der Waals surface area contributed by atoms with Crippen molar-refractivity contribution in [2.75, 3.05) is 32.1 Å². The third-order valence-corrected chi connectivity index (χ3v) is 5.94. The minimum absolute atomic E-state index is 0.217. The van der Waals surface area contributed by atoms with Crippen LogP contribution >= 0.6 is 0 Å². The van der Waals surface area contributed by atoms with Crippen LogP contribution in [0.2, 0.25) is 0 Å². The fourth-order valence-electron chi connectivity index (χ4n) is 4.15. The van der Waals surface area contributed by atoms with Crippen LogP contribution in [0.1, 0.15) is 32.1 Å². The molecule has 1 saturated carbocycles. The van der Waals surface area contributed by atoms with Crippen molar-refractivity contribution >= 4 is 5.82 Å². The highest BCUT2D eigenvalue weighted by Gasteiger charge is 2.21. The van der Waals surface area contributed by atoms with Crippen molar-refractivity contribution in [3.05, 3.63) is 42.9 Å². The molecule has 1 aromatic carbocycles. The number of rotatable bonds is 9. The molecule has 4 rings (SSSR count). The fraction of sp³-hybridized carbons (Fsp3) is 0.458. The number of benzene rings is 1. The molecule has 1 aliphatic rings. The lowest BCUT2D eigenvalue weighted by molar-refractivity contribution is 0.108. The number of ether oxygens (including phenoxy) is 1. The Bertz CT molecular complexity index is 988. The molecule has 3 aromatic rings. The van der Waals surface area contributed by atoms with Gasteiger partial charge in [-0.2, -0.15) is 0 Å². The predicted octanol–water partition coefficient (Wildman–Crippen LogP) is 3.26. The van der Waals surface area contributed by atoms with Crippen LogP contribution in [-0.4, -0.2) is 64.4 Å². The van der Waals surface area contributed by atoms with Gasteiger partial charge in [-0.25, -0.2) is 15.0 Å². The van der Waals surface area contributed by atoms with Gasteiger partial charge >= 0.3 is 0 Å². The number of likely N-dealkylation sites (N-methyl/N-ethyl adjacent to an activating group) is 1. The summed E-state index contributed by atoms with van der Waals surface area (Å²) in [5, 5.41) is 12.9. The van der Waals surface area contributed by atoms with Gasteiger partial charge < -0.3 is 25.0 Å². The normalized spacial score (nSPS) is 15.5. The minimum atomic E-state index is -0.570. The van der Waals surface area contributed by atoms with Gasteiger partial charge in [0.25, 0.3) is 0 Å². The summed E-state index contributed by atoms with van der Waals surface area (Å²) in [5.74, 6) is 2.22. The van der Waals surface area contributed by atoms with E-state index in [0.717, 1.165) is 22.8 Å². The van der Waals surface area contributed by atoms with E-state index in [1.807, 2.05) is 30.3 Å². The maximum Gasteiger partial charge on any atom is 0.162 e. The van der Waals surface area contributed by atoms with Gasteiger partial charge in [0.05, 0.1) is 23.9 Å². The van der Waals surface area contributed by atoms with Crippen LogP contribution in [0.3, 0.4) is 0 Å². The quantitative estimate of drug-likeness (QED) is 0.473. The number of H-pyrrole nitrogens is 1. The van der Waals surface area contributed by atoms with Gasteiger partial charge in [-0.3, -0.25) is 0 Å². The van der Waals surface area contributed by atoms with Crippen molar-refractivity contribution in [1.82, 2.24) is 25.3 Å². The van der Waals surface area contributed by atoms with Crippen LogP contribution in [0.4, 0.5) is 5.82 Å². The number of hydrogen-bond acceptors (Lipinski definition) is 7. The summed E-state index contributed by atoms with van der Waals surface area (Å²) in [4.78, 5) is 19.3. The van der Waals surface area contributed by atoms with Gasteiger partial charge in [-0.1, -0.05) is 31.4 Å². The molecular weight excluding hydrogens is 404 g/mol. The Kier molecular flexibility index (Phi) is 7.34. The molecule has 1 atom stereocenters. The fourth-order valence-corrected chi connectivity index (χ4v) is 4.15. The van der Waals surface area contributed by atoms with E-state index >= 15 is 0 Å². The number of nitrogens with zero attached hydrogens (tertiary/aromatic N) is 4. The lowest BCUT2D eigenvalue weighted by Crippen LogP contribution is -2.34. The second-order valence-corrected chi connectivity index (χ2v) is 8.35. The van der Waals surface area contributed by atoms with Gasteiger partial charge in [-0.15, -0.1) is 0 Å². The Morgan fingerprint density at radius 1 is 1.22 bits per heavy atom. The molecule has 1 aliphatic carbocycles. The molecule has 2 aromatic heterocycles. The van der Waals surface area contributed by atoms with Crippen molar-refractivity contribution in [2.24, 2.45) is 0 Å². The topological polar surface area (TPSA) is 99.2 Å². The molecule has 0 aliphatic heterocycles. The van der Waals surface area contributed by atoms with E-state index in [1.165, 1.54) is 32.1 Å². The highest BCUT2D eigenvalue weighted by atomic mass is 16.5. The van der Waals surface area contributed by atoms with E-state index in [-0.39, 0.29) is 6.61 Å². The molecule has 1 unspecified atom stereocenters. The average Bonchev–Trinajstić information content (AvgIpc) is 3.38. The first-order valence-corrected chi connectivity index (χ1v) is 11.3. The summed E-state index contributed by atoms with van der Waals surface area (Å²) in [6.07, 6.45) is 9.08. The second-order valence-electron chi connectivity index (χ2n) is 8.35. The van der Waals surface area contributed by atoms with Crippen LogP contribution in [0.5, 0.6) is 5.75 Å². The van der Waals surface area contributed by atoms with Crippen LogP contribution < -0.4 is 15.0 Å². The molecule has 1 fully saturated rings. The average molecular weight is 437 g/mol. The predicted molar refractivity (Wildman–Crippen MR) is 126 cm³/mol. The smallest absolute Gasteiger partial charge is 0.162 e. The maximum atomic E-state index is 9.93. The standard InChI is InChI=1S/C24H32N6O2/c1-25-13-19(31)15-32-20-10-6-7-17(11-20)24-28-21(22-14-26-16-27-22)12-23(29-24)30(2)18-8-4-3-5-9-18/h6-7,10-12,14,16,18-19,25,31H,3-5,8-9,13,15H2,1-2H3,(H,26,27). The molecular formula is C24H32N6O2. The van der Waals surface area contributed by atoms with Crippen molar-refractivity contribution in [2.45, 2.75) is 44.2 Å². The number of aliphatic hydroxyl groups excluding tert-OH is 1. The van der Waals surface area contributed by atoms with Gasteiger partial charge in [0.15, 0.2) is 5.82 Å². The Balaban J connectivity index is 1.64. The molecule has 0 radical (unpaired) electrons. The third kappa shape index (κ3) is 5.44. The Hall–Kier alpha value is -2.97. The molecule has 2 heterocycles.